The highest BCUT2D eigenvalue weighted by molar-refractivity contribution is 5.78. The van der Waals surface area contributed by atoms with E-state index in [1.165, 1.54) is 24.1 Å². The number of aliphatic imine (C=N–C) groups is 1. The number of rotatable bonds is 3. The van der Waals surface area contributed by atoms with Crippen molar-refractivity contribution in [1.82, 2.24) is 4.90 Å². The van der Waals surface area contributed by atoms with Gasteiger partial charge in [-0.1, -0.05) is 25.1 Å². The summed E-state index contributed by atoms with van der Waals surface area (Å²) < 4.78 is 5.45. The molecule has 0 radical (unpaired) electrons. The number of hydrogen-bond donors (Lipinski definition) is 1. The zero-order valence-corrected chi connectivity index (χ0v) is 14.1. The van der Waals surface area contributed by atoms with Crippen LogP contribution in [0.1, 0.15) is 25.3 Å². The Morgan fingerprint density at radius 2 is 2.04 bits per heavy atom. The first-order valence-electron chi connectivity index (χ1n) is 8.69. The Balaban J connectivity index is 1.68. The van der Waals surface area contributed by atoms with Crippen molar-refractivity contribution in [2.45, 2.75) is 26.3 Å². The van der Waals surface area contributed by atoms with Gasteiger partial charge in [-0.2, -0.15) is 0 Å². The average Bonchev–Trinajstić information content (AvgIpc) is 2.60. The molecule has 0 spiro atoms. The molecule has 2 heterocycles. The van der Waals surface area contributed by atoms with Gasteiger partial charge in [-0.15, -0.1) is 0 Å². The molecule has 2 N–H and O–H groups in total. The molecular formula is C18H28N4O. The van der Waals surface area contributed by atoms with Crippen LogP contribution in [0.15, 0.2) is 29.3 Å². The van der Waals surface area contributed by atoms with Gasteiger partial charge >= 0.3 is 0 Å². The van der Waals surface area contributed by atoms with Gasteiger partial charge in [0.2, 0.25) is 0 Å². The van der Waals surface area contributed by atoms with Crippen molar-refractivity contribution >= 4 is 11.6 Å². The van der Waals surface area contributed by atoms with Crippen LogP contribution in [0.3, 0.4) is 0 Å². The smallest absolute Gasteiger partial charge is 0.191 e. The normalized spacial score (nSPS) is 23.2. The number of hydrogen-bond acceptors (Lipinski definition) is 3. The first-order valence-corrected chi connectivity index (χ1v) is 8.69. The standard InChI is InChI=1S/C18H28N4O/c1-15-5-4-8-22(14-15)18(19)20-13-16-6-2-3-7-17(16)21-9-11-23-12-10-21/h2-3,6-7,15H,4-5,8-14H2,1H3,(H2,19,20). The predicted octanol–water partition coefficient (Wildman–Crippen LogP) is 2.07. The highest BCUT2D eigenvalue weighted by Gasteiger charge is 2.18. The minimum absolute atomic E-state index is 0.643. The Kier molecular flexibility index (Phi) is 5.39. The molecule has 5 heteroatoms. The third-order valence-corrected chi connectivity index (χ3v) is 4.74. The van der Waals surface area contributed by atoms with Gasteiger partial charge in [0.05, 0.1) is 19.8 Å². The van der Waals surface area contributed by atoms with Crippen LogP contribution < -0.4 is 10.6 Å². The maximum Gasteiger partial charge on any atom is 0.191 e. The van der Waals surface area contributed by atoms with Crippen molar-refractivity contribution in [2.75, 3.05) is 44.3 Å². The molecule has 0 aliphatic carbocycles. The van der Waals surface area contributed by atoms with Crippen LogP contribution in [0.4, 0.5) is 5.69 Å². The summed E-state index contributed by atoms with van der Waals surface area (Å²) in [6.07, 6.45) is 2.51. The van der Waals surface area contributed by atoms with E-state index in [1.54, 1.807) is 0 Å². The molecule has 3 rings (SSSR count). The predicted molar refractivity (Wildman–Crippen MR) is 94.8 cm³/mol. The molecule has 2 fully saturated rings. The molecule has 126 valence electrons. The van der Waals surface area contributed by atoms with Crippen LogP contribution in [-0.2, 0) is 11.3 Å². The topological polar surface area (TPSA) is 54.1 Å². The third-order valence-electron chi connectivity index (χ3n) is 4.74. The molecule has 1 unspecified atom stereocenters. The average molecular weight is 316 g/mol. The maximum absolute atomic E-state index is 6.23. The Morgan fingerprint density at radius 1 is 1.26 bits per heavy atom. The van der Waals surface area contributed by atoms with E-state index in [0.717, 1.165) is 39.4 Å². The molecule has 5 nitrogen and oxygen atoms in total. The first-order chi connectivity index (χ1) is 11.2. The number of likely N-dealkylation sites (tertiary alicyclic amines) is 1. The van der Waals surface area contributed by atoms with Gasteiger partial charge in [-0.05, 0) is 30.4 Å². The number of anilines is 1. The molecular weight excluding hydrogens is 288 g/mol. The summed E-state index contributed by atoms with van der Waals surface area (Å²) in [5, 5.41) is 0. The van der Waals surface area contributed by atoms with Crippen LogP contribution in [0.25, 0.3) is 0 Å². The van der Waals surface area contributed by atoms with E-state index < -0.39 is 0 Å². The zero-order chi connectivity index (χ0) is 16.1. The lowest BCUT2D eigenvalue weighted by Gasteiger charge is -2.32. The van der Waals surface area contributed by atoms with Gasteiger partial charge in [0.15, 0.2) is 5.96 Å². The quantitative estimate of drug-likeness (QED) is 0.685. The van der Waals surface area contributed by atoms with Crippen LogP contribution in [0.5, 0.6) is 0 Å². The molecule has 2 saturated heterocycles. The summed E-state index contributed by atoms with van der Waals surface area (Å²) in [6.45, 7) is 8.47. The van der Waals surface area contributed by atoms with Crippen LogP contribution in [-0.4, -0.2) is 50.3 Å². The summed E-state index contributed by atoms with van der Waals surface area (Å²) in [5.74, 6) is 1.39. The number of piperidine rings is 1. The zero-order valence-electron chi connectivity index (χ0n) is 14.1. The monoisotopic (exact) mass is 316 g/mol. The van der Waals surface area contributed by atoms with E-state index in [4.69, 9.17) is 10.5 Å². The lowest BCUT2D eigenvalue weighted by atomic mass is 10.0. The second-order valence-electron chi connectivity index (χ2n) is 6.60. The number of nitrogens with two attached hydrogens (primary N) is 1. The summed E-state index contributed by atoms with van der Waals surface area (Å²) in [6, 6.07) is 8.50. The fraction of sp³-hybridized carbons (Fsp3) is 0.611. The van der Waals surface area contributed by atoms with E-state index in [9.17, 15) is 0 Å². The molecule has 0 saturated carbocycles. The molecule has 1 aromatic carbocycles. The first kappa shape index (κ1) is 16.1. The van der Waals surface area contributed by atoms with E-state index in [0.29, 0.717) is 18.4 Å². The minimum Gasteiger partial charge on any atom is -0.378 e. The van der Waals surface area contributed by atoms with Gasteiger partial charge in [0.25, 0.3) is 0 Å². The molecule has 2 aliphatic heterocycles. The number of guanidine groups is 1. The van der Waals surface area contributed by atoms with Crippen LogP contribution in [0.2, 0.25) is 0 Å². The molecule has 0 aromatic heterocycles. The fourth-order valence-corrected chi connectivity index (χ4v) is 3.42. The molecule has 23 heavy (non-hydrogen) atoms. The number of para-hydroxylation sites is 1. The van der Waals surface area contributed by atoms with E-state index in [1.807, 2.05) is 0 Å². The van der Waals surface area contributed by atoms with Gasteiger partial charge in [0, 0.05) is 31.9 Å². The maximum atomic E-state index is 6.23. The number of ether oxygens (including phenoxy) is 1. The highest BCUT2D eigenvalue weighted by Crippen LogP contribution is 2.22. The van der Waals surface area contributed by atoms with Crippen LogP contribution in [0, 0.1) is 5.92 Å². The lowest BCUT2D eigenvalue weighted by Crippen LogP contribution is -2.43. The number of nitrogens with zero attached hydrogens (tertiary/aromatic N) is 3. The molecule has 1 aromatic rings. The Hall–Kier alpha value is -1.75. The summed E-state index contributed by atoms with van der Waals surface area (Å²) >= 11 is 0. The third kappa shape index (κ3) is 4.16. The van der Waals surface area contributed by atoms with Gasteiger partial charge in [-0.3, -0.25) is 0 Å². The molecule has 0 bridgehead atoms. The van der Waals surface area contributed by atoms with Crippen molar-refractivity contribution in [2.24, 2.45) is 16.6 Å². The van der Waals surface area contributed by atoms with Gasteiger partial charge in [-0.25, -0.2) is 4.99 Å². The van der Waals surface area contributed by atoms with Crippen molar-refractivity contribution < 1.29 is 4.74 Å². The lowest BCUT2D eigenvalue weighted by molar-refractivity contribution is 0.122. The second kappa shape index (κ2) is 7.68. The largest absolute Gasteiger partial charge is 0.378 e. The highest BCUT2D eigenvalue weighted by atomic mass is 16.5. The van der Waals surface area contributed by atoms with E-state index >= 15 is 0 Å². The van der Waals surface area contributed by atoms with Crippen LogP contribution >= 0.6 is 0 Å². The van der Waals surface area contributed by atoms with Gasteiger partial charge < -0.3 is 20.3 Å². The minimum atomic E-state index is 0.643. The molecule has 1 atom stereocenters. The van der Waals surface area contributed by atoms with E-state index in [2.05, 4.69) is 46.0 Å². The fourth-order valence-electron chi connectivity index (χ4n) is 3.42. The van der Waals surface area contributed by atoms with E-state index in [-0.39, 0.29) is 0 Å². The van der Waals surface area contributed by atoms with Crippen molar-refractivity contribution in [3.63, 3.8) is 0 Å². The summed E-state index contributed by atoms with van der Waals surface area (Å²) in [4.78, 5) is 9.28. The Morgan fingerprint density at radius 3 is 2.83 bits per heavy atom. The summed E-state index contributed by atoms with van der Waals surface area (Å²) in [5.41, 5.74) is 8.73. The number of benzene rings is 1. The Labute approximate surface area is 139 Å². The molecule has 2 aliphatic rings. The SMILES string of the molecule is CC1CCCN(C(N)=NCc2ccccc2N2CCOCC2)C1. The van der Waals surface area contributed by atoms with Crippen molar-refractivity contribution in [1.29, 1.82) is 0 Å². The molecule has 0 amide bonds. The second-order valence-corrected chi connectivity index (χ2v) is 6.60. The Bertz CT molecular complexity index is 540. The summed E-state index contributed by atoms with van der Waals surface area (Å²) in [7, 11) is 0. The van der Waals surface area contributed by atoms with Gasteiger partial charge in [0.1, 0.15) is 0 Å². The van der Waals surface area contributed by atoms with Crippen molar-refractivity contribution in [3.05, 3.63) is 29.8 Å². The number of morpholine rings is 1. The van der Waals surface area contributed by atoms with Crippen molar-refractivity contribution in [3.8, 4) is 0 Å².